The number of rotatable bonds is 6. The first-order valence-corrected chi connectivity index (χ1v) is 9.88. The van der Waals surface area contributed by atoms with Crippen LogP contribution >= 0.6 is 11.6 Å². The molecule has 1 aliphatic rings. The minimum Gasteiger partial charge on any atom is -0.493 e. The Morgan fingerprint density at radius 1 is 1.20 bits per heavy atom. The van der Waals surface area contributed by atoms with Gasteiger partial charge < -0.3 is 19.7 Å². The van der Waals surface area contributed by atoms with E-state index in [2.05, 4.69) is 15.3 Å². The smallest absolute Gasteiger partial charge is 0.260 e. The summed E-state index contributed by atoms with van der Waals surface area (Å²) >= 11 is 5.87. The lowest BCUT2D eigenvalue weighted by Gasteiger charge is -2.17. The predicted molar refractivity (Wildman–Crippen MR) is 112 cm³/mol. The van der Waals surface area contributed by atoms with Gasteiger partial charge in [-0.25, -0.2) is 14.4 Å². The molecule has 156 valence electrons. The Morgan fingerprint density at radius 2 is 2.00 bits per heavy atom. The summed E-state index contributed by atoms with van der Waals surface area (Å²) in [5.74, 6) is 0.802. The number of hydrogen-bond donors (Lipinski definition) is 1. The van der Waals surface area contributed by atoms with Crippen LogP contribution in [0.2, 0.25) is 5.02 Å². The van der Waals surface area contributed by atoms with Crippen molar-refractivity contribution in [3.05, 3.63) is 47.5 Å². The van der Waals surface area contributed by atoms with Gasteiger partial charge in [-0.1, -0.05) is 11.6 Å². The molecule has 0 radical (unpaired) electrons. The van der Waals surface area contributed by atoms with Crippen molar-refractivity contribution in [1.82, 2.24) is 14.9 Å². The van der Waals surface area contributed by atoms with E-state index in [0.29, 0.717) is 33.9 Å². The lowest BCUT2D eigenvalue weighted by molar-refractivity contribution is -0.132. The zero-order valence-corrected chi connectivity index (χ0v) is 17.1. The van der Waals surface area contributed by atoms with Crippen molar-refractivity contribution in [2.24, 2.45) is 0 Å². The average molecular weight is 431 g/mol. The van der Waals surface area contributed by atoms with Gasteiger partial charge in [0.15, 0.2) is 18.1 Å². The number of fused-ring (bicyclic) bond motifs is 1. The van der Waals surface area contributed by atoms with E-state index in [0.717, 1.165) is 25.9 Å². The monoisotopic (exact) mass is 430 g/mol. The molecular formula is C21H20ClFN4O3. The van der Waals surface area contributed by atoms with Gasteiger partial charge in [-0.3, -0.25) is 4.79 Å². The number of methoxy groups -OCH3 is 1. The van der Waals surface area contributed by atoms with Crippen molar-refractivity contribution in [1.29, 1.82) is 0 Å². The Bertz CT molecular complexity index is 1090. The first-order chi connectivity index (χ1) is 14.5. The molecule has 30 heavy (non-hydrogen) atoms. The normalized spacial score (nSPS) is 13.5. The molecular weight excluding hydrogens is 411 g/mol. The van der Waals surface area contributed by atoms with Gasteiger partial charge in [-0.15, -0.1) is 0 Å². The number of benzene rings is 2. The van der Waals surface area contributed by atoms with Gasteiger partial charge in [0.25, 0.3) is 5.91 Å². The Balaban J connectivity index is 1.62. The molecule has 7 nitrogen and oxygen atoms in total. The van der Waals surface area contributed by atoms with Crippen LogP contribution < -0.4 is 14.8 Å². The van der Waals surface area contributed by atoms with Gasteiger partial charge in [0, 0.05) is 30.2 Å². The van der Waals surface area contributed by atoms with Crippen LogP contribution in [-0.2, 0) is 4.79 Å². The number of amides is 1. The number of likely N-dealkylation sites (tertiary alicyclic amines) is 1. The largest absolute Gasteiger partial charge is 0.493 e. The van der Waals surface area contributed by atoms with Crippen LogP contribution in [0.3, 0.4) is 0 Å². The summed E-state index contributed by atoms with van der Waals surface area (Å²) < 4.78 is 24.6. The Kier molecular flexibility index (Phi) is 5.85. The first kappa shape index (κ1) is 20.2. The molecule has 3 aromatic rings. The maximum absolute atomic E-state index is 13.4. The van der Waals surface area contributed by atoms with Crippen LogP contribution in [0.25, 0.3) is 10.9 Å². The average Bonchev–Trinajstić information content (AvgIpc) is 3.29. The number of nitrogens with zero attached hydrogens (tertiary/aromatic N) is 3. The Labute approximate surface area is 177 Å². The van der Waals surface area contributed by atoms with Gasteiger partial charge in [0.1, 0.15) is 18.0 Å². The second-order valence-corrected chi connectivity index (χ2v) is 7.28. The van der Waals surface area contributed by atoms with Gasteiger partial charge in [-0.2, -0.15) is 0 Å². The number of hydrogen-bond acceptors (Lipinski definition) is 6. The standard InChI is InChI=1S/C21H20ClFN4O3/c1-29-18-10-17-14(9-19(18)30-11-20(28)27-6-2-3-7-27)21(25-12-24-17)26-13-4-5-16(23)15(22)8-13/h4-5,8-10,12H,2-3,6-7,11H2,1H3,(H,24,25,26). The van der Waals surface area contributed by atoms with E-state index < -0.39 is 5.82 Å². The number of carbonyl (C=O) groups excluding carboxylic acids is 1. The van der Waals surface area contributed by atoms with Crippen LogP contribution in [0.1, 0.15) is 12.8 Å². The molecule has 0 unspecified atom stereocenters. The topological polar surface area (TPSA) is 76.6 Å². The lowest BCUT2D eigenvalue weighted by atomic mass is 10.2. The first-order valence-electron chi connectivity index (χ1n) is 9.50. The molecule has 1 aliphatic heterocycles. The third kappa shape index (κ3) is 4.23. The number of ether oxygens (including phenoxy) is 2. The highest BCUT2D eigenvalue weighted by Gasteiger charge is 2.19. The Hall–Kier alpha value is -3.13. The lowest BCUT2D eigenvalue weighted by Crippen LogP contribution is -2.32. The van der Waals surface area contributed by atoms with Crippen LogP contribution in [0.15, 0.2) is 36.7 Å². The second-order valence-electron chi connectivity index (χ2n) is 6.87. The molecule has 0 spiro atoms. The summed E-state index contributed by atoms with van der Waals surface area (Å²) in [7, 11) is 1.52. The molecule has 0 saturated carbocycles. The Morgan fingerprint density at radius 3 is 2.73 bits per heavy atom. The fourth-order valence-electron chi connectivity index (χ4n) is 3.34. The van der Waals surface area contributed by atoms with Crippen molar-refractivity contribution in [3.63, 3.8) is 0 Å². The van der Waals surface area contributed by atoms with E-state index in [9.17, 15) is 9.18 Å². The number of nitrogens with one attached hydrogen (secondary N) is 1. The fraction of sp³-hybridized carbons (Fsp3) is 0.286. The summed E-state index contributed by atoms with van der Waals surface area (Å²) in [6, 6.07) is 7.75. The van der Waals surface area contributed by atoms with Crippen LogP contribution in [0, 0.1) is 5.82 Å². The summed E-state index contributed by atoms with van der Waals surface area (Å²) in [5.41, 5.74) is 1.19. The highest BCUT2D eigenvalue weighted by molar-refractivity contribution is 6.31. The van der Waals surface area contributed by atoms with Crippen molar-refractivity contribution in [2.45, 2.75) is 12.8 Å². The quantitative estimate of drug-likeness (QED) is 0.632. The zero-order chi connectivity index (χ0) is 21.1. The number of aromatic nitrogens is 2. The summed E-state index contributed by atoms with van der Waals surface area (Å²) in [4.78, 5) is 22.7. The fourth-order valence-corrected chi connectivity index (χ4v) is 3.52. The molecule has 1 N–H and O–H groups in total. The SMILES string of the molecule is COc1cc2ncnc(Nc3ccc(F)c(Cl)c3)c2cc1OCC(=O)N1CCCC1. The highest BCUT2D eigenvalue weighted by atomic mass is 35.5. The molecule has 2 aromatic carbocycles. The molecule has 9 heteroatoms. The minimum atomic E-state index is -0.502. The number of halogens is 2. The van der Waals surface area contributed by atoms with Crippen LogP contribution in [0.4, 0.5) is 15.9 Å². The minimum absolute atomic E-state index is 0.00415. The van der Waals surface area contributed by atoms with E-state index in [-0.39, 0.29) is 17.5 Å². The van der Waals surface area contributed by atoms with Crippen LogP contribution in [0.5, 0.6) is 11.5 Å². The molecule has 4 rings (SSSR count). The van der Waals surface area contributed by atoms with Gasteiger partial charge in [-0.05, 0) is 37.1 Å². The van der Waals surface area contributed by atoms with E-state index in [1.807, 2.05) is 0 Å². The highest BCUT2D eigenvalue weighted by Crippen LogP contribution is 2.35. The van der Waals surface area contributed by atoms with Crippen molar-refractivity contribution in [3.8, 4) is 11.5 Å². The third-order valence-electron chi connectivity index (χ3n) is 4.91. The number of anilines is 2. The van der Waals surface area contributed by atoms with Crippen molar-refractivity contribution in [2.75, 3.05) is 32.1 Å². The summed E-state index contributed by atoms with van der Waals surface area (Å²) in [6.07, 6.45) is 3.45. The third-order valence-corrected chi connectivity index (χ3v) is 5.20. The molecule has 1 fully saturated rings. The molecule has 1 saturated heterocycles. The summed E-state index contributed by atoms with van der Waals surface area (Å²) in [6.45, 7) is 1.45. The maximum atomic E-state index is 13.4. The zero-order valence-electron chi connectivity index (χ0n) is 16.3. The second kappa shape index (κ2) is 8.71. The summed E-state index contributed by atoms with van der Waals surface area (Å²) in [5, 5.41) is 3.77. The van der Waals surface area contributed by atoms with Crippen LogP contribution in [-0.4, -0.2) is 47.6 Å². The number of carbonyl (C=O) groups is 1. The van der Waals surface area contributed by atoms with Gasteiger partial charge in [0.05, 0.1) is 17.6 Å². The van der Waals surface area contributed by atoms with Crippen molar-refractivity contribution < 1.29 is 18.7 Å². The van der Waals surface area contributed by atoms with E-state index in [1.54, 1.807) is 23.1 Å². The maximum Gasteiger partial charge on any atom is 0.260 e. The van der Waals surface area contributed by atoms with Gasteiger partial charge >= 0.3 is 0 Å². The molecule has 1 amide bonds. The predicted octanol–water partition coefficient (Wildman–Crippen LogP) is 4.18. The molecule has 0 bridgehead atoms. The molecule has 1 aromatic heterocycles. The van der Waals surface area contributed by atoms with Gasteiger partial charge in [0.2, 0.25) is 0 Å². The molecule has 0 aliphatic carbocycles. The molecule has 2 heterocycles. The van der Waals surface area contributed by atoms with E-state index in [1.165, 1.54) is 25.6 Å². The van der Waals surface area contributed by atoms with Crippen molar-refractivity contribution >= 4 is 39.9 Å². The van der Waals surface area contributed by atoms with E-state index in [4.69, 9.17) is 21.1 Å². The molecule has 0 atom stereocenters. The van der Waals surface area contributed by atoms with E-state index >= 15 is 0 Å².